The Kier molecular flexibility index (Phi) is 5.16. The molecule has 0 radical (unpaired) electrons. The number of anilines is 1. The van der Waals surface area contributed by atoms with Crippen LogP contribution in [0, 0.1) is 6.92 Å². The molecule has 136 valence electrons. The number of hydrogen-bond donors (Lipinski definition) is 0. The minimum Gasteiger partial charge on any atom is -0.493 e. The van der Waals surface area contributed by atoms with Gasteiger partial charge in [-0.25, -0.2) is 0 Å². The van der Waals surface area contributed by atoms with Gasteiger partial charge in [0.25, 0.3) is 5.91 Å². The van der Waals surface area contributed by atoms with E-state index in [1.54, 1.807) is 33.5 Å². The van der Waals surface area contributed by atoms with Crippen molar-refractivity contribution in [3.63, 3.8) is 0 Å². The number of benzene rings is 2. The molecule has 0 aromatic heterocycles. The molecule has 0 aliphatic carbocycles. The Morgan fingerprint density at radius 1 is 1.04 bits per heavy atom. The van der Waals surface area contributed by atoms with Crippen LogP contribution in [-0.2, 0) is 11.2 Å². The van der Waals surface area contributed by atoms with Crippen molar-refractivity contribution in [3.8, 4) is 17.2 Å². The van der Waals surface area contributed by atoms with Gasteiger partial charge in [0.15, 0.2) is 11.5 Å². The molecule has 2 aromatic carbocycles. The van der Waals surface area contributed by atoms with Gasteiger partial charge in [-0.3, -0.25) is 4.79 Å². The molecule has 1 aliphatic heterocycles. The predicted octanol–water partition coefficient (Wildman–Crippen LogP) is 3.62. The van der Waals surface area contributed by atoms with E-state index in [1.807, 2.05) is 29.2 Å². The SMILES string of the molecule is COc1cc(/C=C/C(=O)N2CCc3cc(C)ccc32)cc(OC)c1OC. The zero-order chi connectivity index (χ0) is 18.7. The average molecular weight is 353 g/mol. The van der Waals surface area contributed by atoms with E-state index in [-0.39, 0.29) is 5.91 Å². The van der Waals surface area contributed by atoms with Crippen molar-refractivity contribution in [2.45, 2.75) is 13.3 Å². The van der Waals surface area contributed by atoms with Crippen molar-refractivity contribution < 1.29 is 19.0 Å². The molecule has 26 heavy (non-hydrogen) atoms. The van der Waals surface area contributed by atoms with Gasteiger partial charge in [-0.05, 0) is 48.7 Å². The summed E-state index contributed by atoms with van der Waals surface area (Å²) in [5, 5.41) is 0. The van der Waals surface area contributed by atoms with Gasteiger partial charge in [-0.2, -0.15) is 0 Å². The molecule has 1 heterocycles. The number of ether oxygens (including phenoxy) is 3. The van der Waals surface area contributed by atoms with E-state index in [9.17, 15) is 4.79 Å². The van der Waals surface area contributed by atoms with Crippen LogP contribution in [0.1, 0.15) is 16.7 Å². The summed E-state index contributed by atoms with van der Waals surface area (Å²) >= 11 is 0. The Hall–Kier alpha value is -2.95. The van der Waals surface area contributed by atoms with Gasteiger partial charge >= 0.3 is 0 Å². The largest absolute Gasteiger partial charge is 0.493 e. The summed E-state index contributed by atoms with van der Waals surface area (Å²) in [5.41, 5.74) is 4.23. The third-order valence-electron chi connectivity index (χ3n) is 4.50. The molecular weight excluding hydrogens is 330 g/mol. The second-order valence-electron chi connectivity index (χ2n) is 6.16. The number of aryl methyl sites for hydroxylation is 1. The molecule has 0 spiro atoms. The lowest BCUT2D eigenvalue weighted by Crippen LogP contribution is -2.26. The maximum absolute atomic E-state index is 12.7. The number of rotatable bonds is 5. The van der Waals surface area contributed by atoms with E-state index in [1.165, 1.54) is 11.1 Å². The van der Waals surface area contributed by atoms with Crippen LogP contribution in [0.25, 0.3) is 6.08 Å². The lowest BCUT2D eigenvalue weighted by Gasteiger charge is -2.15. The second kappa shape index (κ2) is 7.52. The van der Waals surface area contributed by atoms with Crippen LogP contribution in [0.2, 0.25) is 0 Å². The van der Waals surface area contributed by atoms with Crippen molar-refractivity contribution >= 4 is 17.7 Å². The van der Waals surface area contributed by atoms with Gasteiger partial charge in [0.2, 0.25) is 5.75 Å². The summed E-state index contributed by atoms with van der Waals surface area (Å²) in [5.74, 6) is 1.60. The van der Waals surface area contributed by atoms with Gasteiger partial charge in [0.05, 0.1) is 21.3 Å². The number of carbonyl (C=O) groups excluding carboxylic acids is 1. The number of nitrogens with zero attached hydrogens (tertiary/aromatic N) is 1. The topological polar surface area (TPSA) is 48.0 Å². The fraction of sp³-hybridized carbons (Fsp3) is 0.286. The molecule has 0 saturated carbocycles. The fourth-order valence-electron chi connectivity index (χ4n) is 3.21. The van der Waals surface area contributed by atoms with Gasteiger partial charge in [0.1, 0.15) is 0 Å². The maximum Gasteiger partial charge on any atom is 0.251 e. The summed E-state index contributed by atoms with van der Waals surface area (Å²) in [6.07, 6.45) is 4.23. The second-order valence-corrected chi connectivity index (χ2v) is 6.16. The molecule has 0 atom stereocenters. The Morgan fingerprint density at radius 2 is 1.73 bits per heavy atom. The first kappa shape index (κ1) is 17.9. The van der Waals surface area contributed by atoms with E-state index in [0.29, 0.717) is 23.8 Å². The molecule has 0 unspecified atom stereocenters. The van der Waals surface area contributed by atoms with Crippen molar-refractivity contribution in [1.29, 1.82) is 0 Å². The minimum atomic E-state index is -0.0404. The molecule has 0 N–H and O–H groups in total. The lowest BCUT2D eigenvalue weighted by atomic mass is 10.1. The van der Waals surface area contributed by atoms with Crippen LogP contribution in [0.5, 0.6) is 17.2 Å². The van der Waals surface area contributed by atoms with Crippen molar-refractivity contribution in [2.24, 2.45) is 0 Å². The standard InChI is InChI=1S/C21H23NO4/c1-14-5-7-17-16(11-14)9-10-22(17)20(23)8-6-15-12-18(24-2)21(26-4)19(13-15)25-3/h5-8,11-13H,9-10H2,1-4H3/b8-6+. The molecule has 5 heteroatoms. The first-order valence-corrected chi connectivity index (χ1v) is 8.46. The molecule has 3 rings (SSSR count). The van der Waals surface area contributed by atoms with Crippen LogP contribution < -0.4 is 19.1 Å². The van der Waals surface area contributed by atoms with Crippen molar-refractivity contribution in [2.75, 3.05) is 32.8 Å². The van der Waals surface area contributed by atoms with Crippen LogP contribution in [0.3, 0.4) is 0 Å². The highest BCUT2D eigenvalue weighted by Gasteiger charge is 2.23. The quantitative estimate of drug-likeness (QED) is 0.770. The minimum absolute atomic E-state index is 0.0404. The smallest absolute Gasteiger partial charge is 0.251 e. The third-order valence-corrected chi connectivity index (χ3v) is 4.50. The van der Waals surface area contributed by atoms with Crippen LogP contribution >= 0.6 is 0 Å². The summed E-state index contributed by atoms with van der Waals surface area (Å²) in [6.45, 7) is 2.77. The average Bonchev–Trinajstić information content (AvgIpc) is 3.08. The molecule has 0 bridgehead atoms. The third kappa shape index (κ3) is 3.38. The Balaban J connectivity index is 1.84. The summed E-state index contributed by atoms with van der Waals surface area (Å²) in [4.78, 5) is 14.5. The van der Waals surface area contributed by atoms with Crippen molar-refractivity contribution in [3.05, 3.63) is 53.1 Å². The van der Waals surface area contributed by atoms with Gasteiger partial charge < -0.3 is 19.1 Å². The van der Waals surface area contributed by atoms with E-state index in [2.05, 4.69) is 13.0 Å². The first-order chi connectivity index (χ1) is 12.6. The number of hydrogen-bond acceptors (Lipinski definition) is 4. The lowest BCUT2D eigenvalue weighted by molar-refractivity contribution is -0.114. The Bertz CT molecular complexity index is 832. The zero-order valence-electron chi connectivity index (χ0n) is 15.5. The normalized spacial score (nSPS) is 13.0. The molecule has 5 nitrogen and oxygen atoms in total. The predicted molar refractivity (Wildman–Crippen MR) is 102 cm³/mol. The van der Waals surface area contributed by atoms with Crippen LogP contribution in [-0.4, -0.2) is 33.8 Å². The monoisotopic (exact) mass is 353 g/mol. The zero-order valence-corrected chi connectivity index (χ0v) is 15.5. The highest BCUT2D eigenvalue weighted by Crippen LogP contribution is 2.38. The number of methoxy groups -OCH3 is 3. The number of amides is 1. The maximum atomic E-state index is 12.7. The van der Waals surface area contributed by atoms with Gasteiger partial charge in [0, 0.05) is 18.3 Å². The first-order valence-electron chi connectivity index (χ1n) is 8.46. The summed E-state index contributed by atoms with van der Waals surface area (Å²) < 4.78 is 16.0. The van der Waals surface area contributed by atoms with E-state index >= 15 is 0 Å². The fourth-order valence-corrected chi connectivity index (χ4v) is 3.21. The number of fused-ring (bicyclic) bond motifs is 1. The summed E-state index contributed by atoms with van der Waals surface area (Å²) in [6, 6.07) is 9.82. The van der Waals surface area contributed by atoms with E-state index < -0.39 is 0 Å². The highest BCUT2D eigenvalue weighted by atomic mass is 16.5. The molecular formula is C21H23NO4. The molecule has 0 saturated heterocycles. The Labute approximate surface area is 153 Å². The van der Waals surface area contributed by atoms with E-state index in [4.69, 9.17) is 14.2 Å². The van der Waals surface area contributed by atoms with E-state index in [0.717, 1.165) is 17.7 Å². The Morgan fingerprint density at radius 3 is 2.35 bits per heavy atom. The molecule has 1 aliphatic rings. The van der Waals surface area contributed by atoms with Crippen LogP contribution in [0.4, 0.5) is 5.69 Å². The van der Waals surface area contributed by atoms with Crippen LogP contribution in [0.15, 0.2) is 36.4 Å². The molecule has 1 amide bonds. The molecule has 0 fully saturated rings. The van der Waals surface area contributed by atoms with Gasteiger partial charge in [-0.15, -0.1) is 0 Å². The highest BCUT2D eigenvalue weighted by molar-refractivity contribution is 6.05. The number of carbonyl (C=O) groups is 1. The van der Waals surface area contributed by atoms with Gasteiger partial charge in [-0.1, -0.05) is 17.7 Å². The summed E-state index contributed by atoms with van der Waals surface area (Å²) in [7, 11) is 4.70. The van der Waals surface area contributed by atoms with Crippen molar-refractivity contribution in [1.82, 2.24) is 0 Å². The molecule has 2 aromatic rings.